The van der Waals surface area contributed by atoms with Gasteiger partial charge in [-0.1, -0.05) is 0 Å². The number of hydrogen-bond donors (Lipinski definition) is 1. The molecule has 0 aliphatic heterocycles. The topological polar surface area (TPSA) is 64.4 Å². The molecule has 5 nitrogen and oxygen atoms in total. The summed E-state index contributed by atoms with van der Waals surface area (Å²) in [7, 11) is 0. The van der Waals surface area contributed by atoms with E-state index in [1.807, 2.05) is 0 Å². The van der Waals surface area contributed by atoms with Crippen LogP contribution in [-0.2, 0) is 11.3 Å². The molecule has 78 valence electrons. The normalized spacial score (nSPS) is 11.4. The maximum atomic E-state index is 11.5. The Morgan fingerprint density at radius 1 is 1.64 bits per heavy atom. The Hall–Kier alpha value is -1.36. The number of aliphatic hydroxyl groups is 1. The number of ether oxygens (including phenoxy) is 1. The molecule has 0 amide bonds. The van der Waals surface area contributed by atoms with Gasteiger partial charge in [0.15, 0.2) is 0 Å². The van der Waals surface area contributed by atoms with Crippen LogP contribution in [-0.4, -0.2) is 26.6 Å². The van der Waals surface area contributed by atoms with Gasteiger partial charge in [-0.25, -0.2) is 4.79 Å². The highest BCUT2D eigenvalue weighted by atomic mass is 16.6. The van der Waals surface area contributed by atoms with Gasteiger partial charge in [0, 0.05) is 6.20 Å². The molecule has 5 heteroatoms. The van der Waals surface area contributed by atoms with E-state index in [9.17, 15) is 4.79 Å². The Labute approximate surface area is 82.3 Å². The number of rotatable bonds is 1. The van der Waals surface area contributed by atoms with E-state index in [1.54, 1.807) is 26.8 Å². The van der Waals surface area contributed by atoms with Crippen molar-refractivity contribution in [2.45, 2.75) is 33.0 Å². The number of aliphatic hydroxyl groups excluding tert-OH is 1. The fourth-order valence-electron chi connectivity index (χ4n) is 0.920. The Morgan fingerprint density at radius 3 is 2.79 bits per heavy atom. The highest BCUT2D eigenvalue weighted by Crippen LogP contribution is 2.09. The predicted molar refractivity (Wildman–Crippen MR) is 49.8 cm³/mol. The Bertz CT molecular complexity index is 325. The molecule has 14 heavy (non-hydrogen) atoms. The van der Waals surface area contributed by atoms with Gasteiger partial charge in [-0.15, -0.1) is 0 Å². The smallest absolute Gasteiger partial charge is 0.435 e. The van der Waals surface area contributed by atoms with E-state index in [0.29, 0.717) is 5.69 Å². The number of nitrogens with zero attached hydrogens (tertiary/aromatic N) is 2. The van der Waals surface area contributed by atoms with Crippen LogP contribution in [0.3, 0.4) is 0 Å². The molecule has 0 radical (unpaired) electrons. The Kier molecular flexibility index (Phi) is 2.90. The van der Waals surface area contributed by atoms with Crippen LogP contribution in [0.15, 0.2) is 12.3 Å². The van der Waals surface area contributed by atoms with Crippen molar-refractivity contribution in [3.05, 3.63) is 18.0 Å². The van der Waals surface area contributed by atoms with Crippen LogP contribution in [0.5, 0.6) is 0 Å². The summed E-state index contributed by atoms with van der Waals surface area (Å²) in [5.41, 5.74) is -0.144. The van der Waals surface area contributed by atoms with Gasteiger partial charge in [-0.2, -0.15) is 9.78 Å². The van der Waals surface area contributed by atoms with Crippen LogP contribution >= 0.6 is 0 Å². The van der Waals surface area contributed by atoms with Gasteiger partial charge < -0.3 is 9.84 Å². The Balaban J connectivity index is 2.80. The van der Waals surface area contributed by atoms with E-state index in [4.69, 9.17) is 9.84 Å². The van der Waals surface area contributed by atoms with Gasteiger partial charge in [0.05, 0.1) is 12.3 Å². The third-order valence-corrected chi connectivity index (χ3v) is 1.45. The van der Waals surface area contributed by atoms with E-state index >= 15 is 0 Å². The van der Waals surface area contributed by atoms with Crippen molar-refractivity contribution in [1.29, 1.82) is 0 Å². The molecule has 1 N–H and O–H groups in total. The standard InChI is InChI=1S/C9H14N2O3/c1-9(2,3)14-8(13)11-7(6-12)4-5-10-11/h4-5,12H,6H2,1-3H3. The first kappa shape index (κ1) is 10.7. The minimum Gasteiger partial charge on any atom is -0.442 e. The zero-order valence-corrected chi connectivity index (χ0v) is 8.52. The maximum Gasteiger partial charge on any atom is 0.435 e. The molecule has 0 aromatic carbocycles. The molecule has 0 aliphatic carbocycles. The molecule has 0 atom stereocenters. The highest BCUT2D eigenvalue weighted by molar-refractivity contribution is 5.70. The average Bonchev–Trinajstić information content (AvgIpc) is 2.47. The number of carbonyl (C=O) groups excluding carboxylic acids is 1. The summed E-state index contributed by atoms with van der Waals surface area (Å²) in [4.78, 5) is 11.5. The lowest BCUT2D eigenvalue weighted by Gasteiger charge is -2.19. The summed E-state index contributed by atoms with van der Waals surface area (Å²) in [5, 5.41) is 12.6. The molecule has 0 unspecified atom stereocenters. The van der Waals surface area contributed by atoms with Gasteiger partial charge in [-0.05, 0) is 26.8 Å². The summed E-state index contributed by atoms with van der Waals surface area (Å²) in [6, 6.07) is 1.56. The monoisotopic (exact) mass is 198 g/mol. The summed E-state index contributed by atoms with van der Waals surface area (Å²) < 4.78 is 6.12. The lowest BCUT2D eigenvalue weighted by molar-refractivity contribution is 0.0501. The summed E-state index contributed by atoms with van der Waals surface area (Å²) >= 11 is 0. The van der Waals surface area contributed by atoms with Crippen molar-refractivity contribution in [2.75, 3.05) is 0 Å². The molecule has 1 aromatic rings. The molecule has 1 aromatic heterocycles. The van der Waals surface area contributed by atoms with Crippen LogP contribution < -0.4 is 0 Å². The number of carbonyl (C=O) groups is 1. The molecular formula is C9H14N2O3. The largest absolute Gasteiger partial charge is 0.442 e. The van der Waals surface area contributed by atoms with Crippen molar-refractivity contribution in [3.63, 3.8) is 0 Å². The molecule has 0 fully saturated rings. The molecule has 0 aliphatic rings. The lowest BCUT2D eigenvalue weighted by Crippen LogP contribution is -2.28. The first-order chi connectivity index (χ1) is 6.44. The maximum absolute atomic E-state index is 11.5. The first-order valence-corrected chi connectivity index (χ1v) is 4.31. The molecule has 0 saturated heterocycles. The second-order valence-electron chi connectivity index (χ2n) is 3.87. The number of aromatic nitrogens is 2. The zero-order valence-electron chi connectivity index (χ0n) is 8.52. The van der Waals surface area contributed by atoms with Crippen molar-refractivity contribution in [1.82, 2.24) is 9.78 Å². The summed E-state index contributed by atoms with van der Waals surface area (Å²) in [6.45, 7) is 5.08. The SMILES string of the molecule is CC(C)(C)OC(=O)n1nccc1CO. The molecule has 0 saturated carbocycles. The van der Waals surface area contributed by atoms with Gasteiger partial charge in [0.1, 0.15) is 5.60 Å². The third kappa shape index (κ3) is 2.56. The van der Waals surface area contributed by atoms with Crippen LogP contribution in [0.4, 0.5) is 4.79 Å². The van der Waals surface area contributed by atoms with E-state index in [-0.39, 0.29) is 6.61 Å². The van der Waals surface area contributed by atoms with E-state index in [2.05, 4.69) is 5.10 Å². The van der Waals surface area contributed by atoms with Gasteiger partial charge in [0.2, 0.25) is 0 Å². The average molecular weight is 198 g/mol. The molecule has 0 bridgehead atoms. The van der Waals surface area contributed by atoms with Crippen LogP contribution in [0, 0.1) is 0 Å². The van der Waals surface area contributed by atoms with Gasteiger partial charge >= 0.3 is 6.09 Å². The van der Waals surface area contributed by atoms with Crippen molar-refractivity contribution in [2.24, 2.45) is 0 Å². The second-order valence-corrected chi connectivity index (χ2v) is 3.87. The van der Waals surface area contributed by atoms with Crippen LogP contribution in [0.1, 0.15) is 26.5 Å². The first-order valence-electron chi connectivity index (χ1n) is 4.31. The highest BCUT2D eigenvalue weighted by Gasteiger charge is 2.19. The lowest BCUT2D eigenvalue weighted by atomic mass is 10.2. The van der Waals surface area contributed by atoms with Crippen molar-refractivity contribution < 1.29 is 14.6 Å². The molecule has 0 spiro atoms. The van der Waals surface area contributed by atoms with E-state index in [0.717, 1.165) is 4.68 Å². The van der Waals surface area contributed by atoms with Crippen LogP contribution in [0.25, 0.3) is 0 Å². The summed E-state index contributed by atoms with van der Waals surface area (Å²) in [6.07, 6.45) is 0.863. The Morgan fingerprint density at radius 2 is 2.29 bits per heavy atom. The zero-order chi connectivity index (χ0) is 10.8. The third-order valence-electron chi connectivity index (χ3n) is 1.45. The predicted octanol–water partition coefficient (Wildman–Crippen LogP) is 1.16. The second kappa shape index (κ2) is 3.79. The van der Waals surface area contributed by atoms with E-state index < -0.39 is 11.7 Å². The quantitative estimate of drug-likeness (QED) is 0.735. The fraction of sp³-hybridized carbons (Fsp3) is 0.556. The van der Waals surface area contributed by atoms with E-state index in [1.165, 1.54) is 6.20 Å². The minimum atomic E-state index is -0.577. The fourth-order valence-corrected chi connectivity index (χ4v) is 0.920. The van der Waals surface area contributed by atoms with Crippen molar-refractivity contribution >= 4 is 6.09 Å². The van der Waals surface area contributed by atoms with Crippen LogP contribution in [0.2, 0.25) is 0 Å². The van der Waals surface area contributed by atoms with Gasteiger partial charge in [-0.3, -0.25) is 0 Å². The number of hydrogen-bond acceptors (Lipinski definition) is 4. The van der Waals surface area contributed by atoms with Crippen molar-refractivity contribution in [3.8, 4) is 0 Å². The molecule has 1 heterocycles. The minimum absolute atomic E-state index is 0.237. The molecular weight excluding hydrogens is 184 g/mol. The summed E-state index contributed by atoms with van der Waals surface area (Å²) in [5.74, 6) is 0. The molecule has 1 rings (SSSR count). The van der Waals surface area contributed by atoms with Gasteiger partial charge in [0.25, 0.3) is 0 Å².